The zero-order chi connectivity index (χ0) is 19.6. The second-order valence-electron chi connectivity index (χ2n) is 7.44. The van der Waals surface area contributed by atoms with E-state index in [4.69, 9.17) is 9.47 Å². The Labute approximate surface area is 157 Å². The summed E-state index contributed by atoms with van der Waals surface area (Å²) in [6.07, 6.45) is 1.84. The Morgan fingerprint density at radius 1 is 1.15 bits per heavy atom. The molecule has 0 radical (unpaired) electrons. The molecule has 1 N–H and O–H groups in total. The molecule has 0 aliphatic rings. The van der Waals surface area contributed by atoms with Crippen LogP contribution in [-0.4, -0.2) is 39.3 Å². The first-order valence-electron chi connectivity index (χ1n) is 9.03. The largest absolute Gasteiger partial charge is 0.464 e. The molecular weight excluding hydrogens is 346 g/mol. The second-order valence-corrected chi connectivity index (χ2v) is 13.1. The van der Waals surface area contributed by atoms with E-state index in [0.29, 0.717) is 25.3 Å². The lowest BCUT2D eigenvalue weighted by atomic mass is 10.1. The number of hydrogen-bond donors (Lipinski definition) is 1. The Morgan fingerprint density at radius 3 is 2.38 bits per heavy atom. The van der Waals surface area contributed by atoms with Gasteiger partial charge in [-0.05, 0) is 25.5 Å². The summed E-state index contributed by atoms with van der Waals surface area (Å²) in [5.41, 5.74) is 1.60. The van der Waals surface area contributed by atoms with Crippen molar-refractivity contribution < 1.29 is 19.1 Å². The average Bonchev–Trinajstić information content (AvgIpc) is 2.54. The monoisotopic (exact) mass is 377 g/mol. The van der Waals surface area contributed by atoms with Gasteiger partial charge >= 0.3 is 11.9 Å². The first-order chi connectivity index (χ1) is 12.2. The lowest BCUT2D eigenvalue weighted by Gasteiger charge is -2.21. The van der Waals surface area contributed by atoms with Crippen molar-refractivity contribution in [3.8, 4) is 0 Å². The van der Waals surface area contributed by atoms with Crippen LogP contribution in [0.5, 0.6) is 0 Å². The molecule has 144 valence electrons. The average molecular weight is 378 g/mol. The topological polar surface area (TPSA) is 64.6 Å². The maximum atomic E-state index is 12.6. The van der Waals surface area contributed by atoms with Crippen LogP contribution >= 0.6 is 0 Å². The number of nitrogens with one attached hydrogen (secondary N) is 1. The molecule has 1 aromatic carbocycles. The number of esters is 2. The maximum absolute atomic E-state index is 12.6. The summed E-state index contributed by atoms with van der Waals surface area (Å²) in [4.78, 5) is 24.2. The van der Waals surface area contributed by atoms with Gasteiger partial charge < -0.3 is 14.8 Å². The smallest absolute Gasteiger partial charge is 0.332 e. The SMILES string of the molecule is CCOC(=O)C=C(C)N[C@@H](Cc1ccccc1)C(=O)OCC[Si](C)(C)C. The van der Waals surface area contributed by atoms with Gasteiger partial charge in [0.2, 0.25) is 0 Å². The Balaban J connectivity index is 2.78. The van der Waals surface area contributed by atoms with Crippen LogP contribution in [0.15, 0.2) is 42.1 Å². The van der Waals surface area contributed by atoms with Crippen LogP contribution in [0.4, 0.5) is 0 Å². The number of carbonyl (C=O) groups excluding carboxylic acids is 2. The van der Waals surface area contributed by atoms with E-state index in [-0.39, 0.29) is 5.97 Å². The number of benzene rings is 1. The van der Waals surface area contributed by atoms with Gasteiger partial charge in [-0.1, -0.05) is 50.0 Å². The van der Waals surface area contributed by atoms with Gasteiger partial charge in [-0.15, -0.1) is 0 Å². The van der Waals surface area contributed by atoms with Crippen molar-refractivity contribution in [2.75, 3.05) is 13.2 Å². The molecule has 6 heteroatoms. The van der Waals surface area contributed by atoms with E-state index in [9.17, 15) is 9.59 Å². The summed E-state index contributed by atoms with van der Waals surface area (Å²) in [5, 5.41) is 3.10. The highest BCUT2D eigenvalue weighted by Crippen LogP contribution is 2.10. The molecule has 0 heterocycles. The van der Waals surface area contributed by atoms with Crippen molar-refractivity contribution in [3.05, 3.63) is 47.7 Å². The van der Waals surface area contributed by atoms with Crippen LogP contribution in [0.2, 0.25) is 25.7 Å². The van der Waals surface area contributed by atoms with Crippen LogP contribution in [-0.2, 0) is 25.5 Å². The fraction of sp³-hybridized carbons (Fsp3) is 0.500. The Morgan fingerprint density at radius 2 is 1.81 bits per heavy atom. The molecule has 0 spiro atoms. The number of allylic oxidation sites excluding steroid dienone is 1. The van der Waals surface area contributed by atoms with E-state index in [0.717, 1.165) is 11.6 Å². The van der Waals surface area contributed by atoms with Crippen molar-refractivity contribution in [1.29, 1.82) is 0 Å². The molecular formula is C20H31NO4Si. The lowest BCUT2D eigenvalue weighted by molar-refractivity contribution is -0.145. The lowest BCUT2D eigenvalue weighted by Crippen LogP contribution is -2.39. The fourth-order valence-electron chi connectivity index (χ4n) is 2.28. The first kappa shape index (κ1) is 22.0. The van der Waals surface area contributed by atoms with Gasteiger partial charge in [-0.25, -0.2) is 9.59 Å². The summed E-state index contributed by atoms with van der Waals surface area (Å²) in [6, 6.07) is 10.1. The van der Waals surface area contributed by atoms with Gasteiger partial charge in [-0.2, -0.15) is 0 Å². The van der Waals surface area contributed by atoms with E-state index in [1.165, 1.54) is 6.08 Å². The number of carbonyl (C=O) groups is 2. The van der Waals surface area contributed by atoms with Gasteiger partial charge in [0.1, 0.15) is 6.04 Å². The molecule has 0 aliphatic carbocycles. The predicted octanol–water partition coefficient (Wildman–Crippen LogP) is 3.54. The molecule has 0 saturated carbocycles. The van der Waals surface area contributed by atoms with Gasteiger partial charge in [0.25, 0.3) is 0 Å². The Kier molecular flexibility index (Phi) is 9.13. The van der Waals surface area contributed by atoms with Crippen molar-refractivity contribution in [2.24, 2.45) is 0 Å². The Hall–Kier alpha value is -2.08. The summed E-state index contributed by atoms with van der Waals surface area (Å²) in [7, 11) is -1.27. The second kappa shape index (κ2) is 10.8. The summed E-state index contributed by atoms with van der Waals surface area (Å²) in [6.45, 7) is 11.0. The van der Waals surface area contributed by atoms with Crippen LogP contribution in [0.1, 0.15) is 19.4 Å². The highest BCUT2D eigenvalue weighted by molar-refractivity contribution is 6.76. The third kappa shape index (κ3) is 9.41. The van der Waals surface area contributed by atoms with Crippen LogP contribution in [0.25, 0.3) is 0 Å². The van der Waals surface area contributed by atoms with Crippen molar-refractivity contribution >= 4 is 20.0 Å². The van der Waals surface area contributed by atoms with Crippen molar-refractivity contribution in [3.63, 3.8) is 0 Å². The molecule has 0 bridgehead atoms. The fourth-order valence-corrected chi connectivity index (χ4v) is 2.99. The Bertz CT molecular complexity index is 608. The van der Waals surface area contributed by atoms with Gasteiger partial charge in [-0.3, -0.25) is 0 Å². The highest BCUT2D eigenvalue weighted by Gasteiger charge is 2.22. The first-order valence-corrected chi connectivity index (χ1v) is 12.7. The molecule has 0 aromatic heterocycles. The van der Waals surface area contributed by atoms with Gasteiger partial charge in [0.15, 0.2) is 0 Å². The van der Waals surface area contributed by atoms with E-state index < -0.39 is 20.1 Å². The maximum Gasteiger partial charge on any atom is 0.332 e. The molecule has 1 atom stereocenters. The zero-order valence-corrected chi connectivity index (χ0v) is 17.5. The molecule has 1 rings (SSSR count). The van der Waals surface area contributed by atoms with Crippen LogP contribution in [0, 0.1) is 0 Å². The molecule has 0 aliphatic heterocycles. The third-order valence-electron chi connectivity index (χ3n) is 3.69. The van der Waals surface area contributed by atoms with Crippen molar-refractivity contribution in [2.45, 2.75) is 52.0 Å². The molecule has 0 fully saturated rings. The standard InChI is InChI=1S/C20H31NO4Si/c1-6-24-19(22)14-16(2)21-18(15-17-10-8-7-9-11-17)20(23)25-12-13-26(3,4)5/h7-11,14,18,21H,6,12-13,15H2,1-5H3/t18-/m0/s1. The quantitative estimate of drug-likeness (QED) is 0.384. The zero-order valence-electron chi connectivity index (χ0n) is 16.5. The number of rotatable bonds is 10. The molecule has 1 aromatic rings. The summed E-state index contributed by atoms with van der Waals surface area (Å²) in [5.74, 6) is -0.730. The molecule has 26 heavy (non-hydrogen) atoms. The van der Waals surface area contributed by atoms with E-state index in [1.54, 1.807) is 13.8 Å². The van der Waals surface area contributed by atoms with E-state index in [1.807, 2.05) is 30.3 Å². The minimum Gasteiger partial charge on any atom is -0.464 e. The van der Waals surface area contributed by atoms with E-state index >= 15 is 0 Å². The third-order valence-corrected chi connectivity index (χ3v) is 5.39. The molecule has 0 unspecified atom stereocenters. The van der Waals surface area contributed by atoms with Gasteiger partial charge in [0, 0.05) is 26.3 Å². The van der Waals surface area contributed by atoms with E-state index in [2.05, 4.69) is 25.0 Å². The molecule has 0 saturated heterocycles. The minimum atomic E-state index is -1.27. The van der Waals surface area contributed by atoms with Crippen molar-refractivity contribution in [1.82, 2.24) is 5.32 Å². The number of ether oxygens (including phenoxy) is 2. The van der Waals surface area contributed by atoms with Crippen LogP contribution in [0.3, 0.4) is 0 Å². The van der Waals surface area contributed by atoms with Crippen LogP contribution < -0.4 is 5.32 Å². The minimum absolute atomic E-state index is 0.302. The number of hydrogen-bond acceptors (Lipinski definition) is 5. The normalized spacial score (nSPS) is 13.0. The highest BCUT2D eigenvalue weighted by atomic mass is 28.3. The predicted molar refractivity (Wildman–Crippen MR) is 107 cm³/mol. The van der Waals surface area contributed by atoms with Gasteiger partial charge in [0.05, 0.1) is 13.2 Å². The molecule has 0 amide bonds. The summed E-state index contributed by atoms with van der Waals surface area (Å²) < 4.78 is 10.4. The summed E-state index contributed by atoms with van der Waals surface area (Å²) >= 11 is 0. The molecule has 5 nitrogen and oxygen atoms in total.